The average Bonchev–Trinajstić information content (AvgIpc) is 2.83. The number of ketones is 1. The number of halogens is 2. The molecule has 0 aliphatic heterocycles. The number of aromatic nitrogens is 1. The third-order valence-electron chi connectivity index (χ3n) is 6.15. The first-order chi connectivity index (χ1) is 17.0. The van der Waals surface area contributed by atoms with Crippen molar-refractivity contribution >= 4 is 11.8 Å². The highest BCUT2D eigenvalue weighted by Gasteiger charge is 2.29. The Kier molecular flexibility index (Phi) is 8.40. The fourth-order valence-corrected chi connectivity index (χ4v) is 3.97. The monoisotopic (exact) mass is 497 g/mol. The summed E-state index contributed by atoms with van der Waals surface area (Å²) in [5.74, 6) is -3.88. The van der Waals surface area contributed by atoms with Gasteiger partial charge in [-0.3, -0.25) is 9.59 Å². The highest BCUT2D eigenvalue weighted by molar-refractivity contribution is 5.99. The van der Waals surface area contributed by atoms with Gasteiger partial charge in [0.25, 0.3) is 0 Å². The SMILES string of the molecule is COc1ccnc(C(=O)C[C@@H](C)C(=O)O[C@@H](C)C(c2ccc(C)c(F)c2)c2ccc(C)c(F)c2)c1O. The van der Waals surface area contributed by atoms with Gasteiger partial charge in [-0.05, 0) is 55.2 Å². The zero-order chi connectivity index (χ0) is 26.6. The van der Waals surface area contributed by atoms with E-state index in [1.165, 1.54) is 38.4 Å². The third kappa shape index (κ3) is 5.87. The van der Waals surface area contributed by atoms with Gasteiger partial charge >= 0.3 is 5.97 Å². The predicted molar refractivity (Wildman–Crippen MR) is 130 cm³/mol. The molecule has 3 rings (SSSR count). The van der Waals surface area contributed by atoms with E-state index in [9.17, 15) is 23.5 Å². The lowest BCUT2D eigenvalue weighted by atomic mass is 9.86. The van der Waals surface area contributed by atoms with Crippen LogP contribution in [0.3, 0.4) is 0 Å². The lowest BCUT2D eigenvalue weighted by Crippen LogP contribution is -2.28. The summed E-state index contributed by atoms with van der Waals surface area (Å²) >= 11 is 0. The van der Waals surface area contributed by atoms with Crippen LogP contribution in [0.2, 0.25) is 0 Å². The first-order valence-electron chi connectivity index (χ1n) is 11.5. The van der Waals surface area contributed by atoms with Crippen molar-refractivity contribution in [3.8, 4) is 11.5 Å². The Bertz CT molecular complexity index is 1230. The zero-order valence-corrected chi connectivity index (χ0v) is 20.8. The van der Waals surface area contributed by atoms with Crippen LogP contribution >= 0.6 is 0 Å². The van der Waals surface area contributed by atoms with Gasteiger partial charge in [0.05, 0.1) is 13.0 Å². The molecule has 6 nitrogen and oxygen atoms in total. The van der Waals surface area contributed by atoms with Crippen LogP contribution in [0.1, 0.15) is 58.9 Å². The van der Waals surface area contributed by atoms with E-state index in [1.54, 1.807) is 45.0 Å². The van der Waals surface area contributed by atoms with Crippen LogP contribution < -0.4 is 4.74 Å². The lowest BCUT2D eigenvalue weighted by Gasteiger charge is -2.27. The first-order valence-corrected chi connectivity index (χ1v) is 11.5. The van der Waals surface area contributed by atoms with Crippen molar-refractivity contribution in [2.24, 2.45) is 5.92 Å². The summed E-state index contributed by atoms with van der Waals surface area (Å²) in [6.45, 7) is 6.44. The van der Waals surface area contributed by atoms with Crippen molar-refractivity contribution in [2.75, 3.05) is 7.11 Å². The molecule has 8 heteroatoms. The Balaban J connectivity index is 1.82. The molecule has 3 aromatic rings. The molecule has 0 unspecified atom stereocenters. The van der Waals surface area contributed by atoms with Crippen LogP contribution in [0.5, 0.6) is 11.5 Å². The summed E-state index contributed by atoms with van der Waals surface area (Å²) < 4.78 is 39.5. The number of nitrogens with zero attached hydrogens (tertiary/aromatic N) is 1. The number of pyridine rings is 1. The number of esters is 1. The first kappa shape index (κ1) is 26.8. The summed E-state index contributed by atoms with van der Waals surface area (Å²) in [5.41, 5.74) is 1.76. The Morgan fingerprint density at radius 1 is 0.972 bits per heavy atom. The smallest absolute Gasteiger partial charge is 0.309 e. The molecule has 1 aromatic heterocycles. The predicted octanol–water partition coefficient (Wildman–Crippen LogP) is 5.66. The number of methoxy groups -OCH3 is 1. The van der Waals surface area contributed by atoms with Crippen molar-refractivity contribution in [3.05, 3.63) is 88.2 Å². The number of rotatable bonds is 9. The van der Waals surface area contributed by atoms with Crippen molar-refractivity contribution < 1.29 is 33.0 Å². The number of carbonyl (C=O) groups excluding carboxylic acids is 2. The minimum atomic E-state index is -0.863. The molecule has 2 atom stereocenters. The number of carbonyl (C=O) groups is 2. The zero-order valence-electron chi connectivity index (χ0n) is 20.8. The molecule has 0 saturated carbocycles. The van der Waals surface area contributed by atoms with Crippen LogP contribution in [0.25, 0.3) is 0 Å². The van der Waals surface area contributed by atoms with Gasteiger partial charge in [0.1, 0.15) is 17.7 Å². The number of hydrogen-bond donors (Lipinski definition) is 1. The van der Waals surface area contributed by atoms with E-state index in [1.807, 2.05) is 0 Å². The van der Waals surface area contributed by atoms with E-state index in [-0.39, 0.29) is 17.9 Å². The fourth-order valence-electron chi connectivity index (χ4n) is 3.97. The van der Waals surface area contributed by atoms with Gasteiger partial charge in [-0.15, -0.1) is 0 Å². The number of aryl methyl sites for hydroxylation is 2. The summed E-state index contributed by atoms with van der Waals surface area (Å²) in [6.07, 6.45) is 0.258. The Morgan fingerprint density at radius 3 is 2.03 bits per heavy atom. The molecule has 0 bridgehead atoms. The van der Waals surface area contributed by atoms with Crippen LogP contribution in [0.15, 0.2) is 48.7 Å². The maximum absolute atomic E-state index is 14.4. The molecular weight excluding hydrogens is 468 g/mol. The van der Waals surface area contributed by atoms with E-state index < -0.39 is 47.1 Å². The topological polar surface area (TPSA) is 85.7 Å². The summed E-state index contributed by atoms with van der Waals surface area (Å²) in [6, 6.07) is 10.8. The molecule has 36 heavy (non-hydrogen) atoms. The second kappa shape index (κ2) is 11.3. The van der Waals surface area contributed by atoms with Gasteiger partial charge < -0.3 is 14.6 Å². The molecule has 0 saturated heterocycles. The third-order valence-corrected chi connectivity index (χ3v) is 6.15. The number of ether oxygens (including phenoxy) is 2. The standard InChI is InChI=1S/C28H29F2NO5/c1-15-6-8-19(13-21(15)29)25(20-9-7-16(2)22(30)14-20)18(4)36-28(34)17(3)12-23(32)26-27(33)24(35-5)10-11-31-26/h6-11,13-14,17-18,25,33H,12H2,1-5H3/t17-,18+/m1/s1. The number of hydrogen-bond acceptors (Lipinski definition) is 6. The quantitative estimate of drug-likeness (QED) is 0.303. The van der Waals surface area contributed by atoms with Crippen molar-refractivity contribution in [3.63, 3.8) is 0 Å². The van der Waals surface area contributed by atoms with E-state index in [0.717, 1.165) is 0 Å². The van der Waals surface area contributed by atoms with Crippen molar-refractivity contribution in [2.45, 2.75) is 46.1 Å². The Hall–Kier alpha value is -3.81. The van der Waals surface area contributed by atoms with E-state index >= 15 is 0 Å². The summed E-state index contributed by atoms with van der Waals surface area (Å²) in [7, 11) is 1.35. The normalized spacial score (nSPS) is 12.8. The second-order valence-electron chi connectivity index (χ2n) is 8.88. The van der Waals surface area contributed by atoms with Crippen LogP contribution in [-0.2, 0) is 9.53 Å². The minimum absolute atomic E-state index is 0.0932. The Labute approximate surface area is 208 Å². The Morgan fingerprint density at radius 2 is 1.53 bits per heavy atom. The molecule has 0 amide bonds. The molecular formula is C28H29F2NO5. The van der Waals surface area contributed by atoms with Crippen LogP contribution in [-0.4, -0.2) is 35.1 Å². The molecule has 0 radical (unpaired) electrons. The summed E-state index contributed by atoms with van der Waals surface area (Å²) in [4.78, 5) is 29.5. The van der Waals surface area contributed by atoms with Crippen molar-refractivity contribution in [1.29, 1.82) is 0 Å². The molecule has 2 aromatic carbocycles. The maximum atomic E-state index is 14.4. The second-order valence-corrected chi connectivity index (χ2v) is 8.88. The van der Waals surface area contributed by atoms with Gasteiger partial charge in [-0.2, -0.15) is 0 Å². The number of benzene rings is 2. The molecule has 0 aliphatic rings. The fraction of sp³-hybridized carbons (Fsp3) is 0.321. The molecule has 1 heterocycles. The molecule has 0 spiro atoms. The van der Waals surface area contributed by atoms with Gasteiger partial charge in [0, 0.05) is 24.6 Å². The highest BCUT2D eigenvalue weighted by atomic mass is 19.1. The molecule has 1 N–H and O–H groups in total. The molecule has 0 aliphatic carbocycles. The van der Waals surface area contributed by atoms with Gasteiger partial charge in [0.15, 0.2) is 23.0 Å². The molecule has 190 valence electrons. The summed E-state index contributed by atoms with van der Waals surface area (Å²) in [5, 5.41) is 10.2. The van der Waals surface area contributed by atoms with Crippen molar-refractivity contribution in [1.82, 2.24) is 4.98 Å². The largest absolute Gasteiger partial charge is 0.503 e. The van der Waals surface area contributed by atoms with E-state index in [4.69, 9.17) is 9.47 Å². The number of Topliss-reactive ketones (excluding diaryl/α,β-unsaturated/α-hetero) is 1. The average molecular weight is 498 g/mol. The number of aromatic hydroxyl groups is 1. The minimum Gasteiger partial charge on any atom is -0.503 e. The van der Waals surface area contributed by atoms with E-state index in [0.29, 0.717) is 22.3 Å². The molecule has 0 fully saturated rings. The van der Waals surface area contributed by atoms with E-state index in [2.05, 4.69) is 4.98 Å². The van der Waals surface area contributed by atoms with Gasteiger partial charge in [-0.25, -0.2) is 13.8 Å². The lowest BCUT2D eigenvalue weighted by molar-refractivity contribution is -0.153. The van der Waals surface area contributed by atoms with Crippen LogP contribution in [0.4, 0.5) is 8.78 Å². The maximum Gasteiger partial charge on any atom is 0.309 e. The highest BCUT2D eigenvalue weighted by Crippen LogP contribution is 2.33. The van der Waals surface area contributed by atoms with Gasteiger partial charge in [-0.1, -0.05) is 31.2 Å². The van der Waals surface area contributed by atoms with Gasteiger partial charge in [0.2, 0.25) is 0 Å². The van der Waals surface area contributed by atoms with Crippen LogP contribution in [0, 0.1) is 31.4 Å².